The lowest BCUT2D eigenvalue weighted by Crippen LogP contribution is -2.55. The van der Waals surface area contributed by atoms with Crippen molar-refractivity contribution in [3.63, 3.8) is 0 Å². The Morgan fingerprint density at radius 1 is 1.22 bits per heavy atom. The van der Waals surface area contributed by atoms with E-state index in [1.54, 1.807) is 7.11 Å². The largest absolute Gasteiger partial charge is 0.504 e. The van der Waals surface area contributed by atoms with E-state index in [-0.39, 0.29) is 11.2 Å². The molecule has 0 amide bonds. The second-order valence-corrected chi connectivity index (χ2v) is 8.06. The lowest BCUT2D eigenvalue weighted by atomic mass is 9.54. The average molecular weight is 317 g/mol. The lowest BCUT2D eigenvalue weighted by Gasteiger charge is -2.52. The standard InChI is InChI=1S/C19H27NO3/c1-18-7-5-12-13(15(18)6-8-19(18,20)22)4-3-11-9-16(21)17(23-2)10-14(11)12/h9-10,12-13,15,21-22H,3-8,20H2,1-2H3/t12-,13+,15-,18-,19?/m0/s1. The molecule has 0 saturated heterocycles. The lowest BCUT2D eigenvalue weighted by molar-refractivity contribution is -0.0984. The molecule has 3 aliphatic carbocycles. The Labute approximate surface area is 137 Å². The maximum atomic E-state index is 10.7. The number of hydrogen-bond donors (Lipinski definition) is 3. The number of fused-ring (bicyclic) bond motifs is 5. The predicted octanol–water partition coefficient (Wildman–Crippen LogP) is 2.90. The number of nitrogens with two attached hydrogens (primary N) is 1. The van der Waals surface area contributed by atoms with E-state index < -0.39 is 5.72 Å². The molecule has 4 nitrogen and oxygen atoms in total. The molecule has 4 heteroatoms. The number of hydrogen-bond acceptors (Lipinski definition) is 4. The molecular formula is C19H27NO3. The third kappa shape index (κ3) is 1.97. The first-order valence-corrected chi connectivity index (χ1v) is 8.78. The number of phenolic OH excluding ortho intramolecular Hbond substituents is 1. The van der Waals surface area contributed by atoms with Crippen LogP contribution in [0.25, 0.3) is 0 Å². The third-order valence-corrected chi connectivity index (χ3v) is 7.24. The Hall–Kier alpha value is -1.26. The van der Waals surface area contributed by atoms with Crippen LogP contribution in [0.15, 0.2) is 12.1 Å². The Bertz CT molecular complexity index is 642. The fourth-order valence-electron chi connectivity index (χ4n) is 5.80. The molecule has 5 atom stereocenters. The highest BCUT2D eigenvalue weighted by atomic mass is 16.5. The van der Waals surface area contributed by atoms with Crippen molar-refractivity contribution in [3.8, 4) is 11.5 Å². The second kappa shape index (κ2) is 4.87. The predicted molar refractivity (Wildman–Crippen MR) is 88.4 cm³/mol. The Morgan fingerprint density at radius 3 is 2.74 bits per heavy atom. The van der Waals surface area contributed by atoms with E-state index in [9.17, 15) is 10.2 Å². The van der Waals surface area contributed by atoms with Gasteiger partial charge in [0.15, 0.2) is 11.5 Å². The zero-order valence-electron chi connectivity index (χ0n) is 14.0. The van der Waals surface area contributed by atoms with E-state index in [1.807, 2.05) is 12.1 Å². The second-order valence-electron chi connectivity index (χ2n) is 8.06. The van der Waals surface area contributed by atoms with Gasteiger partial charge in [-0.05, 0) is 79.5 Å². The van der Waals surface area contributed by atoms with Crippen LogP contribution in [0.2, 0.25) is 0 Å². The van der Waals surface area contributed by atoms with Gasteiger partial charge < -0.3 is 20.7 Å². The molecule has 3 aliphatic rings. The fourth-order valence-corrected chi connectivity index (χ4v) is 5.80. The number of benzene rings is 1. The summed E-state index contributed by atoms with van der Waals surface area (Å²) in [5.74, 6) is 2.37. The highest BCUT2D eigenvalue weighted by Gasteiger charge is 2.60. The van der Waals surface area contributed by atoms with Gasteiger partial charge in [0.1, 0.15) is 5.72 Å². The van der Waals surface area contributed by atoms with Crippen LogP contribution >= 0.6 is 0 Å². The van der Waals surface area contributed by atoms with Gasteiger partial charge in [0.2, 0.25) is 0 Å². The average Bonchev–Trinajstić information content (AvgIpc) is 2.76. The molecule has 4 N–H and O–H groups in total. The first-order chi connectivity index (χ1) is 10.9. The van der Waals surface area contributed by atoms with E-state index in [0.29, 0.717) is 29.9 Å². The van der Waals surface area contributed by atoms with Gasteiger partial charge in [-0.1, -0.05) is 6.92 Å². The maximum absolute atomic E-state index is 10.7. The number of aliphatic hydroxyl groups is 1. The first kappa shape index (κ1) is 15.3. The summed E-state index contributed by atoms with van der Waals surface area (Å²) in [6.07, 6.45) is 5.87. The van der Waals surface area contributed by atoms with Crippen LogP contribution < -0.4 is 10.5 Å². The highest BCUT2D eigenvalue weighted by Crippen LogP contribution is 2.63. The van der Waals surface area contributed by atoms with Gasteiger partial charge in [-0.25, -0.2) is 0 Å². The molecule has 2 saturated carbocycles. The molecule has 0 bridgehead atoms. The van der Waals surface area contributed by atoms with Crippen molar-refractivity contribution in [3.05, 3.63) is 23.3 Å². The van der Waals surface area contributed by atoms with Crippen LogP contribution in [-0.4, -0.2) is 23.0 Å². The van der Waals surface area contributed by atoms with Crippen molar-refractivity contribution >= 4 is 0 Å². The number of methoxy groups -OCH3 is 1. The number of aromatic hydroxyl groups is 1. The van der Waals surface area contributed by atoms with Crippen LogP contribution in [0, 0.1) is 17.3 Å². The zero-order valence-corrected chi connectivity index (χ0v) is 14.0. The summed E-state index contributed by atoms with van der Waals surface area (Å²) in [4.78, 5) is 0. The van der Waals surface area contributed by atoms with Gasteiger partial charge >= 0.3 is 0 Å². The summed E-state index contributed by atoms with van der Waals surface area (Å²) in [5, 5.41) is 20.7. The Balaban J connectivity index is 1.73. The van der Waals surface area contributed by atoms with Crippen molar-refractivity contribution < 1.29 is 14.9 Å². The van der Waals surface area contributed by atoms with Crippen LogP contribution in [0.5, 0.6) is 11.5 Å². The van der Waals surface area contributed by atoms with Gasteiger partial charge in [-0.3, -0.25) is 0 Å². The van der Waals surface area contributed by atoms with E-state index in [0.717, 1.165) is 32.1 Å². The Morgan fingerprint density at radius 2 is 2.00 bits per heavy atom. The van der Waals surface area contributed by atoms with Crippen LogP contribution in [0.4, 0.5) is 0 Å². The third-order valence-electron chi connectivity index (χ3n) is 7.24. The molecule has 0 aliphatic heterocycles. The molecule has 0 heterocycles. The summed E-state index contributed by atoms with van der Waals surface area (Å²) in [5.41, 5.74) is 7.67. The van der Waals surface area contributed by atoms with Gasteiger partial charge in [0.25, 0.3) is 0 Å². The summed E-state index contributed by atoms with van der Waals surface area (Å²) < 4.78 is 5.32. The molecule has 1 aromatic carbocycles. The monoisotopic (exact) mass is 317 g/mol. The summed E-state index contributed by atoms with van der Waals surface area (Å²) in [6.45, 7) is 2.19. The van der Waals surface area contributed by atoms with E-state index in [4.69, 9.17) is 10.5 Å². The number of phenols is 1. The first-order valence-electron chi connectivity index (χ1n) is 8.78. The van der Waals surface area contributed by atoms with E-state index in [1.165, 1.54) is 11.1 Å². The fraction of sp³-hybridized carbons (Fsp3) is 0.684. The van der Waals surface area contributed by atoms with Crippen molar-refractivity contribution in [2.45, 2.75) is 57.1 Å². The van der Waals surface area contributed by atoms with Crippen molar-refractivity contribution in [1.82, 2.24) is 0 Å². The normalized spacial score (nSPS) is 41.8. The quantitative estimate of drug-likeness (QED) is 0.696. The smallest absolute Gasteiger partial charge is 0.160 e. The number of ether oxygens (including phenoxy) is 1. The van der Waals surface area contributed by atoms with Gasteiger partial charge in [0.05, 0.1) is 7.11 Å². The Kier molecular flexibility index (Phi) is 3.23. The zero-order chi connectivity index (χ0) is 16.4. The van der Waals surface area contributed by atoms with Gasteiger partial charge in [0, 0.05) is 5.41 Å². The minimum Gasteiger partial charge on any atom is -0.504 e. The summed E-state index contributed by atoms with van der Waals surface area (Å²) in [6, 6.07) is 3.92. The summed E-state index contributed by atoms with van der Waals surface area (Å²) >= 11 is 0. The maximum Gasteiger partial charge on any atom is 0.160 e. The van der Waals surface area contributed by atoms with E-state index >= 15 is 0 Å². The van der Waals surface area contributed by atoms with Crippen LogP contribution in [0.3, 0.4) is 0 Å². The van der Waals surface area contributed by atoms with Gasteiger partial charge in [-0.2, -0.15) is 0 Å². The van der Waals surface area contributed by atoms with Crippen molar-refractivity contribution in [2.75, 3.05) is 7.11 Å². The molecule has 23 heavy (non-hydrogen) atoms. The molecule has 4 rings (SSSR count). The molecule has 2 fully saturated rings. The molecule has 0 spiro atoms. The number of aryl methyl sites for hydroxylation is 1. The highest BCUT2D eigenvalue weighted by molar-refractivity contribution is 5.49. The van der Waals surface area contributed by atoms with Crippen molar-refractivity contribution in [1.29, 1.82) is 0 Å². The minimum absolute atomic E-state index is 0.160. The SMILES string of the molecule is COc1cc2c(cc1O)CC[C@@H]1[C@@H]2CC[C@@]2(C)[C@H]1CCC2(N)O. The molecule has 1 aromatic rings. The molecule has 0 radical (unpaired) electrons. The molecular weight excluding hydrogens is 290 g/mol. The molecule has 0 aromatic heterocycles. The van der Waals surface area contributed by atoms with Crippen LogP contribution in [-0.2, 0) is 6.42 Å². The number of rotatable bonds is 1. The molecule has 1 unspecified atom stereocenters. The minimum atomic E-state index is -1.02. The molecule has 126 valence electrons. The topological polar surface area (TPSA) is 75.7 Å². The van der Waals surface area contributed by atoms with E-state index in [2.05, 4.69) is 6.92 Å². The van der Waals surface area contributed by atoms with Crippen molar-refractivity contribution in [2.24, 2.45) is 23.0 Å². The van der Waals surface area contributed by atoms with Crippen LogP contribution in [0.1, 0.15) is 56.1 Å². The summed E-state index contributed by atoms with van der Waals surface area (Å²) in [7, 11) is 1.60. The van der Waals surface area contributed by atoms with Gasteiger partial charge in [-0.15, -0.1) is 0 Å².